The molecule has 1 aromatic carbocycles. The third-order valence-electron chi connectivity index (χ3n) is 2.78. The molecule has 0 aliphatic heterocycles. The molecule has 2 aromatic rings. The normalized spacial score (nSPS) is 12.2. The van der Waals surface area contributed by atoms with Gasteiger partial charge >= 0.3 is 0 Å². The molecular formula is C15H20FNO. The van der Waals surface area contributed by atoms with Gasteiger partial charge in [0, 0.05) is 17.3 Å². The molecular weight excluding hydrogens is 229 g/mol. The number of halogens is 1. The first-order valence-electron chi connectivity index (χ1n) is 6.37. The molecule has 0 amide bonds. The second-order valence-corrected chi connectivity index (χ2v) is 5.68. The number of fused-ring (bicyclic) bond motifs is 1. The van der Waals surface area contributed by atoms with E-state index in [1.807, 2.05) is 6.07 Å². The highest BCUT2D eigenvalue weighted by Gasteiger charge is 2.08. The van der Waals surface area contributed by atoms with Crippen LogP contribution >= 0.6 is 0 Å². The Balaban J connectivity index is 1.92. The Kier molecular flexibility index (Phi) is 3.71. The highest BCUT2D eigenvalue weighted by molar-refractivity contribution is 5.77. The molecule has 1 N–H and O–H groups in total. The van der Waals surface area contributed by atoms with Gasteiger partial charge < -0.3 is 9.73 Å². The summed E-state index contributed by atoms with van der Waals surface area (Å²) >= 11 is 0. The maximum absolute atomic E-state index is 13.0. The molecule has 0 saturated heterocycles. The zero-order chi connectivity index (χ0) is 13.2. The molecule has 0 unspecified atom stereocenters. The zero-order valence-electron chi connectivity index (χ0n) is 11.2. The molecule has 18 heavy (non-hydrogen) atoms. The van der Waals surface area contributed by atoms with E-state index < -0.39 is 0 Å². The molecule has 1 aromatic heterocycles. The van der Waals surface area contributed by atoms with Gasteiger partial charge in [-0.25, -0.2) is 4.39 Å². The minimum atomic E-state index is -0.218. The fourth-order valence-electron chi connectivity index (χ4n) is 1.92. The summed E-state index contributed by atoms with van der Waals surface area (Å²) in [5.41, 5.74) is 0.909. The monoisotopic (exact) mass is 249 g/mol. The van der Waals surface area contributed by atoms with Crippen LogP contribution in [0.25, 0.3) is 11.0 Å². The van der Waals surface area contributed by atoms with E-state index in [1.54, 1.807) is 6.07 Å². The summed E-state index contributed by atoms with van der Waals surface area (Å²) in [6.07, 6.45) is 1.89. The average Bonchev–Trinajstić information content (AvgIpc) is 2.65. The van der Waals surface area contributed by atoms with Crippen LogP contribution in [0, 0.1) is 5.82 Å². The lowest BCUT2D eigenvalue weighted by molar-refractivity contribution is 0.416. The van der Waals surface area contributed by atoms with Crippen LogP contribution in [-0.2, 0) is 6.42 Å². The number of aryl methyl sites for hydroxylation is 1. The van der Waals surface area contributed by atoms with Gasteiger partial charge in [-0.15, -0.1) is 0 Å². The summed E-state index contributed by atoms with van der Waals surface area (Å²) in [5, 5.41) is 4.27. The predicted molar refractivity (Wildman–Crippen MR) is 72.2 cm³/mol. The van der Waals surface area contributed by atoms with E-state index in [-0.39, 0.29) is 11.4 Å². The highest BCUT2D eigenvalue weighted by Crippen LogP contribution is 2.21. The third-order valence-corrected chi connectivity index (χ3v) is 2.78. The Hall–Kier alpha value is -1.35. The summed E-state index contributed by atoms with van der Waals surface area (Å²) in [5.74, 6) is 0.704. The van der Waals surface area contributed by atoms with Crippen LogP contribution < -0.4 is 5.32 Å². The van der Waals surface area contributed by atoms with Gasteiger partial charge in [0.05, 0.1) is 0 Å². The quantitative estimate of drug-likeness (QED) is 0.831. The molecule has 0 radical (unpaired) electrons. The SMILES string of the molecule is CC(C)(C)NCCCc1cc2cc(F)ccc2o1. The lowest BCUT2D eigenvalue weighted by Gasteiger charge is -2.20. The van der Waals surface area contributed by atoms with Crippen LogP contribution in [0.5, 0.6) is 0 Å². The van der Waals surface area contributed by atoms with Gasteiger partial charge in [-0.1, -0.05) is 0 Å². The molecule has 0 atom stereocenters. The van der Waals surface area contributed by atoms with Gasteiger partial charge in [0.15, 0.2) is 0 Å². The topological polar surface area (TPSA) is 25.2 Å². The van der Waals surface area contributed by atoms with Crippen molar-refractivity contribution in [2.45, 2.75) is 39.2 Å². The van der Waals surface area contributed by atoms with Crippen molar-refractivity contribution >= 4 is 11.0 Å². The standard InChI is InChI=1S/C15H20FNO/c1-15(2,3)17-8-4-5-13-10-11-9-12(16)6-7-14(11)18-13/h6-7,9-10,17H,4-5,8H2,1-3H3. The molecule has 2 rings (SSSR count). The summed E-state index contributed by atoms with van der Waals surface area (Å²) in [7, 11) is 0. The molecule has 3 heteroatoms. The number of benzene rings is 1. The Morgan fingerprint density at radius 3 is 2.72 bits per heavy atom. The molecule has 0 saturated carbocycles. The first kappa shape index (κ1) is 13.1. The Morgan fingerprint density at radius 1 is 1.22 bits per heavy atom. The molecule has 2 nitrogen and oxygen atoms in total. The summed E-state index contributed by atoms with van der Waals surface area (Å²) in [4.78, 5) is 0. The Labute approximate surface area is 107 Å². The van der Waals surface area contributed by atoms with E-state index in [0.717, 1.165) is 36.1 Å². The summed E-state index contributed by atoms with van der Waals surface area (Å²) in [6.45, 7) is 7.40. The van der Waals surface area contributed by atoms with Crippen LogP contribution in [0.2, 0.25) is 0 Å². The van der Waals surface area contributed by atoms with Gasteiger partial charge in [0.1, 0.15) is 17.2 Å². The Bertz CT molecular complexity index is 525. The van der Waals surface area contributed by atoms with Gasteiger partial charge in [-0.2, -0.15) is 0 Å². The molecule has 0 aliphatic rings. The van der Waals surface area contributed by atoms with Gasteiger partial charge in [-0.3, -0.25) is 0 Å². The highest BCUT2D eigenvalue weighted by atomic mass is 19.1. The van der Waals surface area contributed by atoms with E-state index in [9.17, 15) is 4.39 Å². The first-order valence-corrected chi connectivity index (χ1v) is 6.37. The number of rotatable bonds is 4. The van der Waals surface area contributed by atoms with Crippen molar-refractivity contribution in [2.24, 2.45) is 0 Å². The van der Waals surface area contributed by atoms with Crippen LogP contribution in [0.1, 0.15) is 33.0 Å². The largest absolute Gasteiger partial charge is 0.461 e. The van der Waals surface area contributed by atoms with Gasteiger partial charge in [0.25, 0.3) is 0 Å². The van der Waals surface area contributed by atoms with Gasteiger partial charge in [0.2, 0.25) is 0 Å². The lowest BCUT2D eigenvalue weighted by atomic mass is 10.1. The summed E-state index contributed by atoms with van der Waals surface area (Å²) < 4.78 is 18.7. The molecule has 0 fully saturated rings. The van der Waals surface area contributed by atoms with Crippen molar-refractivity contribution in [3.63, 3.8) is 0 Å². The van der Waals surface area contributed by atoms with Crippen molar-refractivity contribution in [1.29, 1.82) is 0 Å². The number of furan rings is 1. The fourth-order valence-corrected chi connectivity index (χ4v) is 1.92. The number of hydrogen-bond donors (Lipinski definition) is 1. The smallest absolute Gasteiger partial charge is 0.134 e. The first-order chi connectivity index (χ1) is 8.44. The van der Waals surface area contributed by atoms with E-state index in [1.165, 1.54) is 12.1 Å². The van der Waals surface area contributed by atoms with Crippen molar-refractivity contribution in [3.8, 4) is 0 Å². The molecule has 0 aliphatic carbocycles. The second-order valence-electron chi connectivity index (χ2n) is 5.68. The van der Waals surface area contributed by atoms with Crippen LogP contribution in [0.3, 0.4) is 0 Å². The third kappa shape index (κ3) is 3.57. The number of hydrogen-bond acceptors (Lipinski definition) is 2. The second kappa shape index (κ2) is 5.11. The van der Waals surface area contributed by atoms with Crippen molar-refractivity contribution in [3.05, 3.63) is 35.8 Å². The van der Waals surface area contributed by atoms with Crippen LogP contribution in [0.15, 0.2) is 28.7 Å². The zero-order valence-corrected chi connectivity index (χ0v) is 11.2. The minimum absolute atomic E-state index is 0.150. The molecule has 0 spiro atoms. The van der Waals surface area contributed by atoms with Crippen LogP contribution in [-0.4, -0.2) is 12.1 Å². The van der Waals surface area contributed by atoms with E-state index in [0.29, 0.717) is 0 Å². The van der Waals surface area contributed by atoms with E-state index in [2.05, 4.69) is 26.1 Å². The van der Waals surface area contributed by atoms with E-state index in [4.69, 9.17) is 4.42 Å². The lowest BCUT2D eigenvalue weighted by Crippen LogP contribution is -2.36. The van der Waals surface area contributed by atoms with Crippen molar-refractivity contribution in [2.75, 3.05) is 6.54 Å². The van der Waals surface area contributed by atoms with Gasteiger partial charge in [-0.05, 0) is 58.0 Å². The molecule has 0 bridgehead atoms. The number of nitrogens with one attached hydrogen (secondary N) is 1. The Morgan fingerprint density at radius 2 is 2.00 bits per heavy atom. The maximum atomic E-state index is 13.0. The predicted octanol–water partition coefficient (Wildman–Crippen LogP) is 3.89. The van der Waals surface area contributed by atoms with Crippen molar-refractivity contribution < 1.29 is 8.81 Å². The van der Waals surface area contributed by atoms with Crippen molar-refractivity contribution in [1.82, 2.24) is 5.32 Å². The fraction of sp³-hybridized carbons (Fsp3) is 0.467. The van der Waals surface area contributed by atoms with E-state index >= 15 is 0 Å². The molecule has 1 heterocycles. The summed E-state index contributed by atoms with van der Waals surface area (Å²) in [6, 6.07) is 6.55. The molecule has 98 valence electrons. The maximum Gasteiger partial charge on any atom is 0.134 e. The minimum Gasteiger partial charge on any atom is -0.461 e. The average molecular weight is 249 g/mol. The van der Waals surface area contributed by atoms with Crippen LogP contribution in [0.4, 0.5) is 4.39 Å².